The predicted octanol–water partition coefficient (Wildman–Crippen LogP) is 3.21. The van der Waals surface area contributed by atoms with E-state index in [1.54, 1.807) is 0 Å². The summed E-state index contributed by atoms with van der Waals surface area (Å²) in [6.07, 6.45) is 2.64. The Morgan fingerprint density at radius 2 is 2.00 bits per heavy atom. The summed E-state index contributed by atoms with van der Waals surface area (Å²) in [5, 5.41) is 3.91. The fraction of sp³-hybridized carbons (Fsp3) is 0.786. The molecule has 0 fully saturated rings. The van der Waals surface area contributed by atoms with Crippen LogP contribution in [0.5, 0.6) is 0 Å². The van der Waals surface area contributed by atoms with Crippen LogP contribution in [0.15, 0.2) is 4.52 Å². The van der Waals surface area contributed by atoms with Crippen LogP contribution < -0.4 is 0 Å². The van der Waals surface area contributed by atoms with E-state index >= 15 is 0 Å². The normalized spacial score (nSPS) is 12.1. The smallest absolute Gasteiger partial charge is 0.234 e. The fourth-order valence-corrected chi connectivity index (χ4v) is 1.65. The SMILES string of the molecule is CC(C)CC(=O)Cc1nc(CCC(C)(C)C)no1. The average Bonchev–Trinajstić information content (AvgIpc) is 2.60. The Labute approximate surface area is 109 Å². The first-order chi connectivity index (χ1) is 8.26. The standard InChI is InChI=1S/C14H24N2O2/c1-10(2)8-11(17)9-13-15-12(16-18-13)6-7-14(3,4)5/h10H,6-9H2,1-5H3. The summed E-state index contributed by atoms with van der Waals surface area (Å²) in [5.74, 6) is 1.69. The number of ketones is 1. The lowest BCUT2D eigenvalue weighted by Crippen LogP contribution is -2.08. The summed E-state index contributed by atoms with van der Waals surface area (Å²) >= 11 is 0. The van der Waals surface area contributed by atoms with Crippen molar-refractivity contribution >= 4 is 5.78 Å². The van der Waals surface area contributed by atoms with Gasteiger partial charge in [0.05, 0.1) is 6.42 Å². The number of hydrogen-bond acceptors (Lipinski definition) is 4. The van der Waals surface area contributed by atoms with Crippen LogP contribution in [0.3, 0.4) is 0 Å². The maximum absolute atomic E-state index is 11.6. The largest absolute Gasteiger partial charge is 0.339 e. The minimum atomic E-state index is 0.163. The molecule has 0 atom stereocenters. The van der Waals surface area contributed by atoms with E-state index < -0.39 is 0 Å². The van der Waals surface area contributed by atoms with Crippen molar-refractivity contribution in [2.45, 2.75) is 60.3 Å². The van der Waals surface area contributed by atoms with Gasteiger partial charge in [-0.25, -0.2) is 0 Å². The molecule has 0 aliphatic carbocycles. The second-order valence-corrected chi connectivity index (χ2v) is 6.48. The van der Waals surface area contributed by atoms with Gasteiger partial charge >= 0.3 is 0 Å². The van der Waals surface area contributed by atoms with Gasteiger partial charge in [-0.3, -0.25) is 4.79 Å². The van der Waals surface area contributed by atoms with Gasteiger partial charge in [0.1, 0.15) is 5.78 Å². The molecule has 0 saturated carbocycles. The highest BCUT2D eigenvalue weighted by molar-refractivity contribution is 5.80. The Hall–Kier alpha value is -1.19. The van der Waals surface area contributed by atoms with Crippen molar-refractivity contribution in [2.24, 2.45) is 11.3 Å². The van der Waals surface area contributed by atoms with Gasteiger partial charge in [0.2, 0.25) is 5.89 Å². The highest BCUT2D eigenvalue weighted by Gasteiger charge is 2.15. The molecule has 0 saturated heterocycles. The number of hydrogen-bond donors (Lipinski definition) is 0. The lowest BCUT2D eigenvalue weighted by Gasteiger charge is -2.15. The molecule has 1 heterocycles. The van der Waals surface area contributed by atoms with Gasteiger partial charge in [0, 0.05) is 12.8 Å². The summed E-state index contributed by atoms with van der Waals surface area (Å²) in [5.41, 5.74) is 0.258. The van der Waals surface area contributed by atoms with Crippen LogP contribution in [0.1, 0.15) is 59.2 Å². The van der Waals surface area contributed by atoms with Crippen LogP contribution in [-0.4, -0.2) is 15.9 Å². The van der Waals surface area contributed by atoms with Gasteiger partial charge in [0.25, 0.3) is 0 Å². The van der Waals surface area contributed by atoms with Crippen molar-refractivity contribution in [2.75, 3.05) is 0 Å². The molecule has 0 aliphatic heterocycles. The maximum atomic E-state index is 11.6. The highest BCUT2D eigenvalue weighted by Crippen LogP contribution is 2.20. The predicted molar refractivity (Wildman–Crippen MR) is 70.2 cm³/mol. The molecule has 0 amide bonds. The van der Waals surface area contributed by atoms with Crippen LogP contribution in [0, 0.1) is 11.3 Å². The Morgan fingerprint density at radius 1 is 1.33 bits per heavy atom. The Bertz CT molecular complexity index is 389. The fourth-order valence-electron chi connectivity index (χ4n) is 1.65. The van der Waals surface area contributed by atoms with Crippen molar-refractivity contribution < 1.29 is 9.32 Å². The molecule has 4 heteroatoms. The summed E-state index contributed by atoms with van der Waals surface area (Å²) in [7, 11) is 0. The number of carbonyl (C=O) groups is 1. The van der Waals surface area contributed by atoms with Crippen molar-refractivity contribution in [3.05, 3.63) is 11.7 Å². The summed E-state index contributed by atoms with van der Waals surface area (Å²) in [6.45, 7) is 10.6. The third-order valence-corrected chi connectivity index (χ3v) is 2.59. The van der Waals surface area contributed by atoms with Crippen LogP contribution in [-0.2, 0) is 17.6 Å². The molecule has 0 N–H and O–H groups in total. The summed E-state index contributed by atoms with van der Waals surface area (Å²) in [4.78, 5) is 15.9. The van der Waals surface area contributed by atoms with Gasteiger partial charge in [-0.2, -0.15) is 4.98 Å². The zero-order valence-electron chi connectivity index (χ0n) is 12.1. The summed E-state index contributed by atoms with van der Waals surface area (Å²) in [6, 6.07) is 0. The molecule has 0 aliphatic rings. The van der Waals surface area contributed by atoms with Gasteiger partial charge in [-0.05, 0) is 17.8 Å². The van der Waals surface area contributed by atoms with Gasteiger partial charge < -0.3 is 4.52 Å². The average molecular weight is 252 g/mol. The molecular weight excluding hydrogens is 228 g/mol. The van der Waals surface area contributed by atoms with E-state index in [1.807, 2.05) is 13.8 Å². The van der Waals surface area contributed by atoms with Crippen LogP contribution >= 0.6 is 0 Å². The number of nitrogens with zero attached hydrogens (tertiary/aromatic N) is 2. The van der Waals surface area contributed by atoms with Gasteiger partial charge in [-0.15, -0.1) is 0 Å². The first-order valence-corrected chi connectivity index (χ1v) is 6.59. The molecule has 0 spiro atoms. The van der Waals surface area contributed by atoms with E-state index in [1.165, 1.54) is 0 Å². The second-order valence-electron chi connectivity index (χ2n) is 6.48. The number of aromatic nitrogens is 2. The molecule has 0 bridgehead atoms. The first kappa shape index (κ1) is 14.9. The quantitative estimate of drug-likeness (QED) is 0.780. The molecule has 1 aromatic heterocycles. The minimum Gasteiger partial charge on any atom is -0.339 e. The monoisotopic (exact) mass is 252 g/mol. The van der Waals surface area contributed by atoms with E-state index in [0.29, 0.717) is 24.1 Å². The van der Waals surface area contributed by atoms with Crippen LogP contribution in [0.4, 0.5) is 0 Å². The van der Waals surface area contributed by atoms with Crippen LogP contribution in [0.2, 0.25) is 0 Å². The van der Waals surface area contributed by atoms with Crippen molar-refractivity contribution in [3.63, 3.8) is 0 Å². The van der Waals surface area contributed by atoms with Crippen molar-refractivity contribution in [3.8, 4) is 0 Å². The zero-order valence-corrected chi connectivity index (χ0v) is 12.1. The Kier molecular flexibility index (Phi) is 5.05. The van der Waals surface area contributed by atoms with Gasteiger partial charge in [0.15, 0.2) is 5.82 Å². The van der Waals surface area contributed by atoms with Crippen molar-refractivity contribution in [1.29, 1.82) is 0 Å². The van der Waals surface area contributed by atoms with E-state index in [4.69, 9.17) is 4.52 Å². The topological polar surface area (TPSA) is 56.0 Å². The van der Waals surface area contributed by atoms with E-state index in [-0.39, 0.29) is 17.6 Å². The molecule has 1 aromatic rings. The van der Waals surface area contributed by atoms with E-state index in [0.717, 1.165) is 12.8 Å². The molecule has 18 heavy (non-hydrogen) atoms. The second kappa shape index (κ2) is 6.12. The van der Waals surface area contributed by atoms with E-state index in [2.05, 4.69) is 30.9 Å². The van der Waals surface area contributed by atoms with Crippen LogP contribution in [0.25, 0.3) is 0 Å². The highest BCUT2D eigenvalue weighted by atomic mass is 16.5. The molecule has 4 nitrogen and oxygen atoms in total. The molecular formula is C14H24N2O2. The maximum Gasteiger partial charge on any atom is 0.234 e. The zero-order chi connectivity index (χ0) is 13.8. The molecule has 1 rings (SSSR count). The molecule has 0 radical (unpaired) electrons. The number of rotatable bonds is 6. The van der Waals surface area contributed by atoms with Crippen molar-refractivity contribution in [1.82, 2.24) is 10.1 Å². The Morgan fingerprint density at radius 3 is 2.56 bits per heavy atom. The molecule has 0 unspecified atom stereocenters. The third-order valence-electron chi connectivity index (χ3n) is 2.59. The molecule has 0 aromatic carbocycles. The number of Topliss-reactive ketones (excluding diaryl/α,β-unsaturated/α-hetero) is 1. The lowest BCUT2D eigenvalue weighted by atomic mass is 9.90. The number of carbonyl (C=O) groups excluding carboxylic acids is 1. The van der Waals surface area contributed by atoms with E-state index in [9.17, 15) is 4.79 Å². The first-order valence-electron chi connectivity index (χ1n) is 6.59. The summed E-state index contributed by atoms with van der Waals surface area (Å²) < 4.78 is 5.10. The minimum absolute atomic E-state index is 0.163. The Balaban J connectivity index is 2.46. The van der Waals surface area contributed by atoms with Gasteiger partial charge in [-0.1, -0.05) is 39.8 Å². The lowest BCUT2D eigenvalue weighted by molar-refractivity contribution is -0.119. The third kappa shape index (κ3) is 5.94. The number of aryl methyl sites for hydroxylation is 1. The molecule has 102 valence electrons.